The number of hydrogen-bond acceptors (Lipinski definition) is 10. The molecular formula is C36H59ClN4O8. The molecule has 0 aromatic heterocycles. The van der Waals surface area contributed by atoms with Crippen molar-refractivity contribution in [2.45, 2.75) is 97.0 Å². The van der Waals surface area contributed by atoms with Gasteiger partial charge in [0.25, 0.3) is 0 Å². The first-order chi connectivity index (χ1) is 22.9. The molecule has 0 unspecified atom stereocenters. The van der Waals surface area contributed by atoms with E-state index in [9.17, 15) is 19.5 Å². The Kier molecular flexibility index (Phi) is 14.9. The Bertz CT molecular complexity index is 1250. The number of cyclic esters (lactones) is 1. The largest absolute Gasteiger partial charge is 0.465 e. The lowest BCUT2D eigenvalue weighted by Gasteiger charge is -2.47. The van der Waals surface area contributed by atoms with E-state index >= 15 is 0 Å². The second-order valence-corrected chi connectivity index (χ2v) is 15.3. The number of esters is 1. The molecule has 0 spiro atoms. The summed E-state index contributed by atoms with van der Waals surface area (Å²) in [5, 5.41) is 14.8. The molecule has 1 aromatic rings. The van der Waals surface area contributed by atoms with Gasteiger partial charge in [0.1, 0.15) is 11.5 Å². The number of aliphatic hydroxyl groups is 1. The van der Waals surface area contributed by atoms with Gasteiger partial charge in [-0.1, -0.05) is 25.4 Å². The van der Waals surface area contributed by atoms with Crippen molar-refractivity contribution in [1.82, 2.24) is 14.7 Å². The van der Waals surface area contributed by atoms with Crippen LogP contribution in [-0.4, -0.2) is 135 Å². The molecule has 2 amide bonds. The van der Waals surface area contributed by atoms with Gasteiger partial charge in [-0.25, -0.2) is 4.79 Å². The highest BCUT2D eigenvalue weighted by Crippen LogP contribution is 2.38. The summed E-state index contributed by atoms with van der Waals surface area (Å²) < 4.78 is 24.6. The number of benzene rings is 1. The van der Waals surface area contributed by atoms with Crippen molar-refractivity contribution in [2.75, 3.05) is 66.4 Å². The summed E-state index contributed by atoms with van der Waals surface area (Å²) in [6.45, 7) is 12.9. The molecule has 13 heteroatoms. The maximum atomic E-state index is 14.2. The van der Waals surface area contributed by atoms with Gasteiger partial charge in [-0.05, 0) is 98.3 Å². The van der Waals surface area contributed by atoms with Crippen molar-refractivity contribution in [3.05, 3.63) is 29.3 Å². The van der Waals surface area contributed by atoms with Crippen LogP contribution in [0.15, 0.2) is 24.3 Å². The van der Waals surface area contributed by atoms with Crippen molar-refractivity contribution in [1.29, 1.82) is 0 Å². The molecule has 8 atom stereocenters. The number of methoxy groups -OCH3 is 1. The van der Waals surface area contributed by atoms with Gasteiger partial charge in [0.05, 0.1) is 24.4 Å². The normalized spacial score (nSPS) is 33.2. The summed E-state index contributed by atoms with van der Waals surface area (Å²) in [4.78, 5) is 46.8. The van der Waals surface area contributed by atoms with Crippen LogP contribution in [-0.2, 0) is 28.5 Å². The Morgan fingerprint density at radius 2 is 1.73 bits per heavy atom. The first-order valence-corrected chi connectivity index (χ1v) is 17.7. The summed E-state index contributed by atoms with van der Waals surface area (Å²) in [7, 11) is 7.40. The maximum Gasteiger partial charge on any atom is 0.321 e. The minimum atomic E-state index is -1.51. The van der Waals surface area contributed by atoms with E-state index in [4.69, 9.17) is 30.5 Å². The van der Waals surface area contributed by atoms with E-state index in [0.29, 0.717) is 56.2 Å². The minimum Gasteiger partial charge on any atom is -0.465 e. The van der Waals surface area contributed by atoms with Gasteiger partial charge in [-0.2, -0.15) is 0 Å². The van der Waals surface area contributed by atoms with Gasteiger partial charge < -0.3 is 44.1 Å². The summed E-state index contributed by atoms with van der Waals surface area (Å²) in [6, 6.07) is 6.41. The third-order valence-electron chi connectivity index (χ3n) is 9.94. The molecule has 2 saturated heterocycles. The van der Waals surface area contributed by atoms with Crippen LogP contribution in [0.25, 0.3) is 0 Å². The second kappa shape index (κ2) is 17.7. The molecule has 3 rings (SSSR count). The van der Waals surface area contributed by atoms with Gasteiger partial charge in [-0.15, -0.1) is 0 Å². The molecular weight excluding hydrogens is 652 g/mol. The number of nitrogens with zero attached hydrogens (tertiary/aromatic N) is 3. The van der Waals surface area contributed by atoms with Crippen LogP contribution in [0.3, 0.4) is 0 Å². The van der Waals surface area contributed by atoms with Crippen LogP contribution in [0, 0.1) is 17.3 Å². The monoisotopic (exact) mass is 710 g/mol. The lowest BCUT2D eigenvalue weighted by atomic mass is 9.74. The maximum absolute atomic E-state index is 14.2. The van der Waals surface area contributed by atoms with Gasteiger partial charge in [0.2, 0.25) is 0 Å². The lowest BCUT2D eigenvalue weighted by Crippen LogP contribution is -2.59. The first-order valence-electron chi connectivity index (χ1n) is 17.3. The Morgan fingerprint density at radius 1 is 1.08 bits per heavy atom. The quantitative estimate of drug-likeness (QED) is 0.332. The van der Waals surface area contributed by atoms with E-state index in [1.54, 1.807) is 57.0 Å². The molecule has 12 nitrogen and oxygen atoms in total. The van der Waals surface area contributed by atoms with Gasteiger partial charge in [-0.3, -0.25) is 9.59 Å². The molecule has 49 heavy (non-hydrogen) atoms. The van der Waals surface area contributed by atoms with Crippen molar-refractivity contribution in [2.24, 2.45) is 17.3 Å². The number of carbonyl (C=O) groups is 3. The molecule has 2 fully saturated rings. The Balaban J connectivity index is 1.91. The molecule has 0 saturated carbocycles. The fourth-order valence-electron chi connectivity index (χ4n) is 7.04. The molecule has 0 aliphatic carbocycles. The fourth-order valence-corrected chi connectivity index (χ4v) is 7.16. The predicted molar refractivity (Wildman–Crippen MR) is 190 cm³/mol. The number of carbonyl (C=O) groups excluding carboxylic acids is 3. The zero-order valence-corrected chi connectivity index (χ0v) is 31.8. The van der Waals surface area contributed by atoms with Crippen molar-refractivity contribution >= 4 is 35.1 Å². The SMILES string of the molecule is CO[C@]1(C)C[C@@H](C)CN(C)CCN(C(=O)Nc2ccc(Cl)cc2)CCCOC(=O)C(C)(C)C(=O)[C@H](C)[C@H]1O[C@@H]1O[C@H](C)C[C@H](N(C)C)[C@H]1O. The van der Waals surface area contributed by atoms with Crippen LogP contribution in [0.1, 0.15) is 60.8 Å². The van der Waals surface area contributed by atoms with E-state index in [0.717, 1.165) is 0 Å². The highest BCUT2D eigenvalue weighted by molar-refractivity contribution is 6.30. The molecule has 0 radical (unpaired) electrons. The number of likely N-dealkylation sites (N-methyl/N-ethyl adjacent to an activating group) is 2. The number of hydrogen-bond donors (Lipinski definition) is 2. The topological polar surface area (TPSA) is 130 Å². The number of ether oxygens (including phenoxy) is 4. The van der Waals surface area contributed by atoms with Gasteiger partial charge in [0, 0.05) is 56.0 Å². The van der Waals surface area contributed by atoms with E-state index in [-0.39, 0.29) is 36.5 Å². The Morgan fingerprint density at radius 3 is 2.35 bits per heavy atom. The number of anilines is 1. The number of rotatable bonds is 5. The van der Waals surface area contributed by atoms with Crippen LogP contribution >= 0.6 is 11.6 Å². The second-order valence-electron chi connectivity index (χ2n) is 14.9. The highest BCUT2D eigenvalue weighted by Gasteiger charge is 2.51. The standard InChI is InChI=1S/C36H59ClN4O8/c1-23-21-36(6,46-10)31(49-32-29(42)28(39(7)8)20-24(2)48-32)25(3)30(43)35(4,5)33(44)47-19-11-16-41(18-17-40(9)22-23)34(45)38-27-14-12-26(37)13-15-27/h12-15,23-25,28-29,31-32,42H,11,16-22H2,1-10H3,(H,38,45)/t23-,24-,25+,28+,29-,31-,32+,36-/m1/s1. The Labute approximate surface area is 297 Å². The molecule has 2 aliphatic heterocycles. The van der Waals surface area contributed by atoms with Crippen LogP contribution < -0.4 is 5.32 Å². The highest BCUT2D eigenvalue weighted by atomic mass is 35.5. The number of nitrogens with one attached hydrogen (secondary N) is 1. The number of urea groups is 1. The van der Waals surface area contributed by atoms with Crippen LogP contribution in [0.4, 0.5) is 10.5 Å². The third-order valence-corrected chi connectivity index (χ3v) is 10.2. The van der Waals surface area contributed by atoms with Crippen LogP contribution in [0.2, 0.25) is 5.02 Å². The predicted octanol–water partition coefficient (Wildman–Crippen LogP) is 4.53. The van der Waals surface area contributed by atoms with Crippen molar-refractivity contribution < 1.29 is 38.4 Å². The average Bonchev–Trinajstić information content (AvgIpc) is 3.03. The van der Waals surface area contributed by atoms with Gasteiger partial charge in [0.15, 0.2) is 12.1 Å². The van der Waals surface area contributed by atoms with E-state index in [2.05, 4.69) is 17.1 Å². The molecule has 2 aliphatic rings. The number of ketones is 1. The zero-order chi connectivity index (χ0) is 36.7. The summed E-state index contributed by atoms with van der Waals surface area (Å²) in [6.07, 6.45) is -1.55. The lowest BCUT2D eigenvalue weighted by molar-refractivity contribution is -0.295. The minimum absolute atomic E-state index is 0.0309. The summed E-state index contributed by atoms with van der Waals surface area (Å²) in [5.74, 6) is -1.79. The van der Waals surface area contributed by atoms with E-state index < -0.39 is 41.4 Å². The Hall–Kier alpha value is -2.32. The number of Topliss-reactive ketones (excluding diaryl/α,β-unsaturated/α-hetero) is 1. The summed E-state index contributed by atoms with van der Waals surface area (Å²) >= 11 is 6.01. The number of amides is 2. The smallest absolute Gasteiger partial charge is 0.321 e. The van der Waals surface area contributed by atoms with E-state index in [1.165, 1.54) is 0 Å². The van der Waals surface area contributed by atoms with Crippen molar-refractivity contribution in [3.63, 3.8) is 0 Å². The van der Waals surface area contributed by atoms with Gasteiger partial charge >= 0.3 is 12.0 Å². The molecule has 0 bridgehead atoms. The zero-order valence-electron chi connectivity index (χ0n) is 31.0. The molecule has 2 N–H and O–H groups in total. The van der Waals surface area contributed by atoms with Crippen molar-refractivity contribution in [3.8, 4) is 0 Å². The fraction of sp³-hybridized carbons (Fsp3) is 0.750. The summed E-state index contributed by atoms with van der Waals surface area (Å²) in [5.41, 5.74) is -1.90. The number of aliphatic hydroxyl groups excluding tert-OH is 1. The van der Waals surface area contributed by atoms with E-state index in [1.807, 2.05) is 39.9 Å². The molecule has 1 aromatic carbocycles. The van der Waals surface area contributed by atoms with Crippen LogP contribution in [0.5, 0.6) is 0 Å². The molecule has 278 valence electrons. The third kappa shape index (κ3) is 10.8. The molecule has 2 heterocycles. The number of halogens is 1. The average molecular weight is 711 g/mol. The first kappa shape index (κ1) is 41.1.